The first-order chi connectivity index (χ1) is 10.6. The summed E-state index contributed by atoms with van der Waals surface area (Å²) in [5, 5.41) is 0. The van der Waals surface area contributed by atoms with Gasteiger partial charge in [-0.1, -0.05) is 12.1 Å². The third-order valence-electron chi connectivity index (χ3n) is 2.80. The lowest BCUT2D eigenvalue weighted by molar-refractivity contribution is -0.121. The van der Waals surface area contributed by atoms with Crippen molar-refractivity contribution in [3.63, 3.8) is 0 Å². The molecule has 2 amide bonds. The van der Waals surface area contributed by atoms with E-state index in [2.05, 4.69) is 15.8 Å². The second kappa shape index (κ2) is 7.16. The Bertz CT molecular complexity index is 657. The predicted octanol–water partition coefficient (Wildman–Crippen LogP) is 1.23. The number of amides is 2. The number of rotatable bonds is 4. The summed E-state index contributed by atoms with van der Waals surface area (Å²) in [4.78, 5) is 27.4. The number of ether oxygens (including phenoxy) is 1. The van der Waals surface area contributed by atoms with Crippen molar-refractivity contribution in [1.29, 1.82) is 0 Å². The molecule has 0 aliphatic rings. The average Bonchev–Trinajstić information content (AvgIpc) is 2.55. The summed E-state index contributed by atoms with van der Waals surface area (Å²) < 4.78 is 17.6. The van der Waals surface area contributed by atoms with E-state index in [4.69, 9.17) is 4.74 Å². The second-order valence-electron chi connectivity index (χ2n) is 4.39. The van der Waals surface area contributed by atoms with Crippen molar-refractivity contribution in [3.8, 4) is 5.88 Å². The molecule has 0 aliphatic carbocycles. The number of methoxy groups -OCH3 is 1. The van der Waals surface area contributed by atoms with E-state index in [9.17, 15) is 14.0 Å². The molecule has 7 heteroatoms. The van der Waals surface area contributed by atoms with Crippen molar-refractivity contribution >= 4 is 11.8 Å². The number of benzene rings is 1. The van der Waals surface area contributed by atoms with Crippen LogP contribution < -0.4 is 15.6 Å². The Kier molecular flexibility index (Phi) is 5.02. The highest BCUT2D eigenvalue weighted by molar-refractivity contribution is 5.95. The molecule has 1 aromatic carbocycles. The van der Waals surface area contributed by atoms with E-state index in [1.165, 1.54) is 49.7 Å². The van der Waals surface area contributed by atoms with Gasteiger partial charge in [0.15, 0.2) is 0 Å². The second-order valence-corrected chi connectivity index (χ2v) is 4.39. The van der Waals surface area contributed by atoms with Crippen LogP contribution in [0.25, 0.3) is 0 Å². The third-order valence-corrected chi connectivity index (χ3v) is 2.80. The van der Waals surface area contributed by atoms with E-state index in [0.717, 1.165) is 0 Å². The number of nitrogens with zero attached hydrogens (tertiary/aromatic N) is 1. The molecule has 0 bridgehead atoms. The molecule has 2 N–H and O–H groups in total. The Balaban J connectivity index is 1.84. The van der Waals surface area contributed by atoms with E-state index in [-0.39, 0.29) is 17.8 Å². The van der Waals surface area contributed by atoms with Crippen LogP contribution in [0.15, 0.2) is 42.6 Å². The zero-order valence-corrected chi connectivity index (χ0v) is 11.8. The van der Waals surface area contributed by atoms with Gasteiger partial charge in [-0.3, -0.25) is 20.4 Å². The Morgan fingerprint density at radius 2 is 1.86 bits per heavy atom. The summed E-state index contributed by atoms with van der Waals surface area (Å²) in [6, 6.07) is 8.60. The van der Waals surface area contributed by atoms with Gasteiger partial charge in [0.05, 0.1) is 19.1 Å². The van der Waals surface area contributed by atoms with Crippen LogP contribution in [0.2, 0.25) is 0 Å². The van der Waals surface area contributed by atoms with Crippen LogP contribution in [0.3, 0.4) is 0 Å². The van der Waals surface area contributed by atoms with Crippen LogP contribution in [-0.2, 0) is 11.2 Å². The van der Waals surface area contributed by atoms with Crippen molar-refractivity contribution in [2.45, 2.75) is 6.42 Å². The highest BCUT2D eigenvalue weighted by Crippen LogP contribution is 2.06. The predicted molar refractivity (Wildman–Crippen MR) is 76.5 cm³/mol. The molecule has 6 nitrogen and oxygen atoms in total. The van der Waals surface area contributed by atoms with Crippen LogP contribution in [0, 0.1) is 5.82 Å². The zero-order valence-electron chi connectivity index (χ0n) is 11.8. The Hall–Kier alpha value is -2.96. The van der Waals surface area contributed by atoms with Gasteiger partial charge >= 0.3 is 0 Å². The number of nitrogens with one attached hydrogen (secondary N) is 2. The Morgan fingerprint density at radius 3 is 2.45 bits per heavy atom. The molecule has 2 rings (SSSR count). The quantitative estimate of drug-likeness (QED) is 0.833. The van der Waals surface area contributed by atoms with Gasteiger partial charge in [0.25, 0.3) is 5.91 Å². The molecule has 0 fully saturated rings. The van der Waals surface area contributed by atoms with Gasteiger partial charge in [0.1, 0.15) is 5.82 Å². The topological polar surface area (TPSA) is 80.3 Å². The smallest absolute Gasteiger partial charge is 0.271 e. The highest BCUT2D eigenvalue weighted by atomic mass is 19.1. The number of hydrogen-bond acceptors (Lipinski definition) is 4. The van der Waals surface area contributed by atoms with Gasteiger partial charge in [-0.05, 0) is 23.8 Å². The maximum Gasteiger partial charge on any atom is 0.271 e. The summed E-state index contributed by atoms with van der Waals surface area (Å²) in [6.45, 7) is 0. The highest BCUT2D eigenvalue weighted by Gasteiger charge is 2.08. The number of hydrazine groups is 1. The monoisotopic (exact) mass is 303 g/mol. The molecule has 22 heavy (non-hydrogen) atoms. The number of carbonyl (C=O) groups is 2. The molecular weight excluding hydrogens is 289 g/mol. The maximum atomic E-state index is 12.7. The number of hydrogen-bond donors (Lipinski definition) is 2. The number of halogens is 1. The van der Waals surface area contributed by atoms with Crippen molar-refractivity contribution in [3.05, 3.63) is 59.5 Å². The number of pyridine rings is 1. The molecule has 114 valence electrons. The van der Waals surface area contributed by atoms with Crippen LogP contribution in [-0.4, -0.2) is 23.9 Å². The first kappa shape index (κ1) is 15.4. The lowest BCUT2D eigenvalue weighted by atomic mass is 10.1. The van der Waals surface area contributed by atoms with Crippen molar-refractivity contribution in [2.75, 3.05) is 7.11 Å². The first-order valence-electron chi connectivity index (χ1n) is 6.42. The summed E-state index contributed by atoms with van der Waals surface area (Å²) in [5.41, 5.74) is 5.47. The van der Waals surface area contributed by atoms with Gasteiger partial charge in [-0.15, -0.1) is 0 Å². The molecular formula is C15H14FN3O3. The summed E-state index contributed by atoms with van der Waals surface area (Å²) in [7, 11) is 1.47. The van der Waals surface area contributed by atoms with Gasteiger partial charge in [-0.25, -0.2) is 9.37 Å². The van der Waals surface area contributed by atoms with Gasteiger partial charge in [0, 0.05) is 12.3 Å². The number of aromatic nitrogens is 1. The van der Waals surface area contributed by atoms with Crippen molar-refractivity contribution in [2.24, 2.45) is 0 Å². The van der Waals surface area contributed by atoms with Crippen LogP contribution in [0.4, 0.5) is 4.39 Å². The summed E-state index contributed by atoms with van der Waals surface area (Å²) in [6.07, 6.45) is 1.36. The minimum atomic E-state index is -0.498. The average molecular weight is 303 g/mol. The molecule has 0 aliphatic heterocycles. The van der Waals surface area contributed by atoms with Crippen LogP contribution in [0.5, 0.6) is 5.88 Å². The van der Waals surface area contributed by atoms with E-state index in [1.54, 1.807) is 0 Å². The lowest BCUT2D eigenvalue weighted by Gasteiger charge is -2.07. The molecule has 0 unspecified atom stereocenters. The van der Waals surface area contributed by atoms with Crippen molar-refractivity contribution in [1.82, 2.24) is 15.8 Å². The molecule has 1 aromatic heterocycles. The minimum Gasteiger partial charge on any atom is -0.481 e. The van der Waals surface area contributed by atoms with Gasteiger partial charge < -0.3 is 4.74 Å². The molecule has 0 radical (unpaired) electrons. The normalized spacial score (nSPS) is 9.91. The standard InChI is InChI=1S/C15H14FN3O3/c1-22-14-7-4-11(9-17-14)15(21)19-18-13(20)8-10-2-5-12(16)6-3-10/h2-7,9H,8H2,1H3,(H,18,20)(H,19,21). The molecule has 0 saturated heterocycles. The third kappa shape index (κ3) is 4.27. The Morgan fingerprint density at radius 1 is 1.14 bits per heavy atom. The van der Waals surface area contributed by atoms with Crippen molar-refractivity contribution < 1.29 is 18.7 Å². The zero-order chi connectivity index (χ0) is 15.9. The largest absolute Gasteiger partial charge is 0.481 e. The molecule has 0 saturated carbocycles. The fourth-order valence-corrected chi connectivity index (χ4v) is 1.67. The van der Waals surface area contributed by atoms with Crippen LogP contribution in [0.1, 0.15) is 15.9 Å². The van der Waals surface area contributed by atoms with Gasteiger partial charge in [0.2, 0.25) is 11.8 Å². The van der Waals surface area contributed by atoms with E-state index in [1.807, 2.05) is 0 Å². The van der Waals surface area contributed by atoms with E-state index < -0.39 is 11.8 Å². The summed E-state index contributed by atoms with van der Waals surface area (Å²) in [5.74, 6) is -0.898. The number of carbonyl (C=O) groups excluding carboxylic acids is 2. The van der Waals surface area contributed by atoms with Gasteiger partial charge in [-0.2, -0.15) is 0 Å². The summed E-state index contributed by atoms with van der Waals surface area (Å²) >= 11 is 0. The van der Waals surface area contributed by atoms with Crippen LogP contribution >= 0.6 is 0 Å². The molecule has 0 atom stereocenters. The molecule has 2 aromatic rings. The molecule has 1 heterocycles. The maximum absolute atomic E-state index is 12.7. The fraction of sp³-hybridized carbons (Fsp3) is 0.133. The minimum absolute atomic E-state index is 0.0292. The lowest BCUT2D eigenvalue weighted by Crippen LogP contribution is -2.42. The van der Waals surface area contributed by atoms with E-state index in [0.29, 0.717) is 11.4 Å². The first-order valence-corrected chi connectivity index (χ1v) is 6.42. The van der Waals surface area contributed by atoms with E-state index >= 15 is 0 Å². The Labute approximate surface area is 126 Å². The SMILES string of the molecule is COc1ccc(C(=O)NNC(=O)Cc2ccc(F)cc2)cn1. The molecule has 0 spiro atoms. The fourth-order valence-electron chi connectivity index (χ4n) is 1.67.